The molecule has 5 nitrogen and oxygen atoms in total. The zero-order valence-electron chi connectivity index (χ0n) is 18.9. The Morgan fingerprint density at radius 2 is 1.70 bits per heavy atom. The van der Waals surface area contributed by atoms with Crippen LogP contribution in [0, 0.1) is 13.8 Å². The van der Waals surface area contributed by atoms with E-state index in [1.54, 1.807) is 7.11 Å². The average molecular weight is 412 g/mol. The third-order valence-corrected chi connectivity index (χ3v) is 4.63. The number of hydrogen-bond acceptors (Lipinski definition) is 5. The second-order valence-corrected chi connectivity index (χ2v) is 7.22. The molecule has 0 aliphatic rings. The third-order valence-electron chi connectivity index (χ3n) is 4.63. The van der Waals surface area contributed by atoms with Gasteiger partial charge in [0.15, 0.2) is 0 Å². The first-order valence-corrected chi connectivity index (χ1v) is 10.3. The predicted octanol–water partition coefficient (Wildman–Crippen LogP) is 5.87. The van der Waals surface area contributed by atoms with Gasteiger partial charge in [-0.2, -0.15) is 0 Å². The Morgan fingerprint density at radius 3 is 2.30 bits per heavy atom. The maximum atomic E-state index is 6.19. The zero-order chi connectivity index (χ0) is 21.9. The minimum absolute atomic E-state index is 0.0348. The van der Waals surface area contributed by atoms with E-state index in [0.717, 1.165) is 46.1 Å². The van der Waals surface area contributed by atoms with Crippen molar-refractivity contribution in [2.75, 3.05) is 20.3 Å². The molecule has 30 heavy (non-hydrogen) atoms. The predicted molar refractivity (Wildman–Crippen MR) is 122 cm³/mol. The summed E-state index contributed by atoms with van der Waals surface area (Å²) in [4.78, 5) is 4.81. The molecule has 0 N–H and O–H groups in total. The summed E-state index contributed by atoms with van der Waals surface area (Å²) in [5.41, 5.74) is 3.98. The van der Waals surface area contributed by atoms with E-state index < -0.39 is 0 Å². The van der Waals surface area contributed by atoms with Crippen molar-refractivity contribution in [3.63, 3.8) is 0 Å². The van der Waals surface area contributed by atoms with E-state index in [0.29, 0.717) is 13.2 Å². The van der Waals surface area contributed by atoms with Crippen molar-refractivity contribution in [1.82, 2.24) is 0 Å². The van der Waals surface area contributed by atoms with Crippen LogP contribution in [0.4, 0.5) is 0 Å². The van der Waals surface area contributed by atoms with Crippen LogP contribution in [0.25, 0.3) is 0 Å². The lowest BCUT2D eigenvalue weighted by Crippen LogP contribution is -2.17. The molecule has 2 aromatic rings. The van der Waals surface area contributed by atoms with Gasteiger partial charge in [-0.1, -0.05) is 17.3 Å². The molecule has 162 valence electrons. The first kappa shape index (κ1) is 23.3. The SMILES string of the molecule is C/C=C/COc1cc(C)c(OC(C)CCOc2ccc(C(C)=NOC)cc2)c(C)c1. The van der Waals surface area contributed by atoms with Gasteiger partial charge in [0.1, 0.15) is 31.0 Å². The molecule has 0 heterocycles. The highest BCUT2D eigenvalue weighted by Gasteiger charge is 2.12. The van der Waals surface area contributed by atoms with Gasteiger partial charge in [0.05, 0.1) is 18.4 Å². The van der Waals surface area contributed by atoms with Crippen LogP contribution in [-0.4, -0.2) is 32.1 Å². The van der Waals surface area contributed by atoms with Gasteiger partial charge < -0.3 is 19.0 Å². The highest BCUT2D eigenvalue weighted by molar-refractivity contribution is 5.98. The molecule has 0 spiro atoms. The third kappa shape index (κ3) is 7.14. The minimum atomic E-state index is 0.0348. The first-order chi connectivity index (χ1) is 14.4. The molecule has 2 aromatic carbocycles. The topological polar surface area (TPSA) is 49.3 Å². The highest BCUT2D eigenvalue weighted by atomic mass is 16.6. The molecule has 1 unspecified atom stereocenters. The van der Waals surface area contributed by atoms with Gasteiger partial charge >= 0.3 is 0 Å². The lowest BCUT2D eigenvalue weighted by atomic mass is 10.1. The minimum Gasteiger partial charge on any atom is -0.493 e. The summed E-state index contributed by atoms with van der Waals surface area (Å²) in [7, 11) is 1.54. The van der Waals surface area contributed by atoms with Gasteiger partial charge in [-0.25, -0.2) is 0 Å². The summed E-state index contributed by atoms with van der Waals surface area (Å²) in [5.74, 6) is 2.60. The van der Waals surface area contributed by atoms with Crippen LogP contribution < -0.4 is 14.2 Å². The molecule has 0 aliphatic heterocycles. The van der Waals surface area contributed by atoms with E-state index in [1.807, 2.05) is 76.2 Å². The second-order valence-electron chi connectivity index (χ2n) is 7.22. The molecular weight excluding hydrogens is 378 g/mol. The van der Waals surface area contributed by atoms with Gasteiger partial charge in [-0.3, -0.25) is 0 Å². The average Bonchev–Trinajstić information content (AvgIpc) is 2.71. The van der Waals surface area contributed by atoms with E-state index in [1.165, 1.54) is 0 Å². The second kappa shape index (κ2) is 11.9. The molecule has 0 saturated heterocycles. The number of aryl methyl sites for hydroxylation is 2. The van der Waals surface area contributed by atoms with E-state index >= 15 is 0 Å². The Balaban J connectivity index is 1.86. The Kier molecular flexibility index (Phi) is 9.26. The van der Waals surface area contributed by atoms with Gasteiger partial charge in [0.2, 0.25) is 0 Å². The van der Waals surface area contributed by atoms with Crippen molar-refractivity contribution in [2.24, 2.45) is 5.16 Å². The highest BCUT2D eigenvalue weighted by Crippen LogP contribution is 2.29. The Bertz CT molecular complexity index is 833. The summed E-state index contributed by atoms with van der Waals surface area (Å²) in [6, 6.07) is 11.9. The van der Waals surface area contributed by atoms with Gasteiger partial charge in [0, 0.05) is 6.42 Å². The van der Waals surface area contributed by atoms with Crippen LogP contribution in [0.5, 0.6) is 17.2 Å². The molecule has 5 heteroatoms. The number of hydrogen-bond donors (Lipinski definition) is 0. The van der Waals surface area contributed by atoms with E-state index in [9.17, 15) is 0 Å². The van der Waals surface area contributed by atoms with Crippen LogP contribution >= 0.6 is 0 Å². The number of nitrogens with zero attached hydrogens (tertiary/aromatic N) is 1. The smallest absolute Gasteiger partial charge is 0.125 e. The monoisotopic (exact) mass is 411 g/mol. The summed E-state index contributed by atoms with van der Waals surface area (Å²) < 4.78 is 17.8. The van der Waals surface area contributed by atoms with Crippen molar-refractivity contribution < 1.29 is 19.0 Å². The van der Waals surface area contributed by atoms with Crippen LogP contribution in [-0.2, 0) is 4.84 Å². The fraction of sp³-hybridized carbons (Fsp3) is 0.400. The molecule has 0 fully saturated rings. The summed E-state index contributed by atoms with van der Waals surface area (Å²) in [6.07, 6.45) is 4.78. The van der Waals surface area contributed by atoms with Crippen molar-refractivity contribution in [3.05, 3.63) is 65.2 Å². The molecule has 0 saturated carbocycles. The molecule has 0 amide bonds. The Hall–Kier alpha value is -2.95. The summed E-state index contributed by atoms with van der Waals surface area (Å²) in [5, 5.41) is 3.94. The van der Waals surface area contributed by atoms with Gasteiger partial charge in [-0.15, -0.1) is 0 Å². The maximum Gasteiger partial charge on any atom is 0.125 e. The molecule has 2 rings (SSSR count). The normalized spacial score (nSPS) is 12.7. The molecule has 0 aromatic heterocycles. The molecule has 0 bridgehead atoms. The Morgan fingerprint density at radius 1 is 1.03 bits per heavy atom. The fourth-order valence-corrected chi connectivity index (χ4v) is 3.01. The van der Waals surface area contributed by atoms with E-state index in [4.69, 9.17) is 19.0 Å². The van der Waals surface area contributed by atoms with Crippen molar-refractivity contribution in [1.29, 1.82) is 0 Å². The van der Waals surface area contributed by atoms with Crippen molar-refractivity contribution in [2.45, 2.75) is 47.1 Å². The first-order valence-electron chi connectivity index (χ1n) is 10.3. The lowest BCUT2D eigenvalue weighted by Gasteiger charge is -2.19. The van der Waals surface area contributed by atoms with E-state index in [-0.39, 0.29) is 6.10 Å². The maximum absolute atomic E-state index is 6.19. The van der Waals surface area contributed by atoms with Crippen LogP contribution in [0.2, 0.25) is 0 Å². The van der Waals surface area contributed by atoms with Crippen LogP contribution in [0.15, 0.2) is 53.7 Å². The number of allylic oxidation sites excluding steroid dienone is 1. The zero-order valence-corrected chi connectivity index (χ0v) is 18.9. The van der Waals surface area contributed by atoms with Crippen molar-refractivity contribution in [3.8, 4) is 17.2 Å². The van der Waals surface area contributed by atoms with E-state index in [2.05, 4.69) is 12.1 Å². The van der Waals surface area contributed by atoms with Gasteiger partial charge in [0.25, 0.3) is 0 Å². The fourth-order valence-electron chi connectivity index (χ4n) is 3.01. The molecule has 0 aliphatic carbocycles. The van der Waals surface area contributed by atoms with Crippen LogP contribution in [0.3, 0.4) is 0 Å². The van der Waals surface area contributed by atoms with Crippen molar-refractivity contribution >= 4 is 5.71 Å². The van der Waals surface area contributed by atoms with Crippen LogP contribution in [0.1, 0.15) is 43.9 Å². The molecule has 1 atom stereocenters. The summed E-state index contributed by atoms with van der Waals surface area (Å²) in [6.45, 7) is 11.2. The number of oxime groups is 1. The number of ether oxygens (including phenoxy) is 3. The summed E-state index contributed by atoms with van der Waals surface area (Å²) >= 11 is 0. The standard InChI is InChI=1S/C25H33NO4/c1-7-8-14-28-24-16-18(2)25(19(3)17-24)30-20(4)13-15-29-23-11-9-22(10-12-23)21(5)26-27-6/h7-12,16-17,20H,13-15H2,1-6H3/b8-7+,26-21?. The molecule has 0 radical (unpaired) electrons. The quantitative estimate of drug-likeness (QED) is 0.264. The lowest BCUT2D eigenvalue weighted by molar-refractivity contribution is 0.175. The van der Waals surface area contributed by atoms with Gasteiger partial charge in [-0.05, 0) is 87.7 Å². The Labute approximate surface area is 180 Å². The number of benzene rings is 2. The molecular formula is C25H33NO4. The largest absolute Gasteiger partial charge is 0.493 e. The number of rotatable bonds is 11.